The minimum Gasteiger partial charge on any atom is -0.477 e. The van der Waals surface area contributed by atoms with Crippen LogP contribution >= 0.6 is 22.9 Å². The van der Waals surface area contributed by atoms with Crippen LogP contribution in [0.25, 0.3) is 0 Å². The number of nitrogens with two attached hydrogens (primary N) is 1. The van der Waals surface area contributed by atoms with Crippen molar-refractivity contribution < 1.29 is 32.6 Å². The van der Waals surface area contributed by atoms with Crippen LogP contribution in [0.2, 0.25) is 0 Å². The van der Waals surface area contributed by atoms with Gasteiger partial charge in [0.05, 0.1) is 17.9 Å². The van der Waals surface area contributed by atoms with Crippen LogP contribution in [0.1, 0.15) is 22.2 Å². The quantitative estimate of drug-likeness (QED) is 0.815. The van der Waals surface area contributed by atoms with Crippen LogP contribution in [0.15, 0.2) is 5.38 Å². The van der Waals surface area contributed by atoms with Gasteiger partial charge in [0.1, 0.15) is 4.88 Å². The summed E-state index contributed by atoms with van der Waals surface area (Å²) in [5, 5.41) is 9.10. The van der Waals surface area contributed by atoms with Crippen molar-refractivity contribution in [2.75, 3.05) is 12.3 Å². The number of aromatic carboxylic acids is 1. The molecule has 10 heteroatoms. The van der Waals surface area contributed by atoms with E-state index >= 15 is 0 Å². The summed E-state index contributed by atoms with van der Waals surface area (Å²) in [4.78, 5) is 19.4. The monoisotopic (exact) mass is 319 g/mol. The van der Waals surface area contributed by atoms with E-state index in [1.54, 1.807) is 6.92 Å². The van der Waals surface area contributed by atoms with E-state index in [9.17, 15) is 22.8 Å². The topological polar surface area (TPSA) is 89.6 Å². The van der Waals surface area contributed by atoms with Crippen LogP contribution in [0.3, 0.4) is 0 Å². The third kappa shape index (κ3) is 5.79. The molecule has 0 aliphatic rings. The second-order valence-corrected chi connectivity index (χ2v) is 4.05. The van der Waals surface area contributed by atoms with E-state index in [-0.39, 0.29) is 0 Å². The van der Waals surface area contributed by atoms with Crippen molar-refractivity contribution >= 4 is 40.0 Å². The summed E-state index contributed by atoms with van der Waals surface area (Å²) in [5.41, 5.74) is 2.46. The molecule has 0 aliphatic heterocycles. The predicted octanol–water partition coefficient (Wildman–Crippen LogP) is 3.43. The van der Waals surface area contributed by atoms with Gasteiger partial charge in [-0.25, -0.2) is 9.59 Å². The van der Waals surface area contributed by atoms with E-state index in [1.807, 2.05) is 0 Å². The fourth-order valence-electron chi connectivity index (χ4n) is 0.866. The van der Waals surface area contributed by atoms with Gasteiger partial charge in [-0.2, -0.15) is 13.2 Å². The normalized spacial score (nSPS) is 10.4. The molecule has 0 spiro atoms. The number of hydrogen-bond donors (Lipinski definition) is 2. The Morgan fingerprint density at radius 2 is 2.05 bits per heavy atom. The molecule has 1 aromatic rings. The summed E-state index contributed by atoms with van der Waals surface area (Å²) in [6.45, 7) is 2.04. The van der Waals surface area contributed by atoms with Crippen molar-refractivity contribution in [3.63, 3.8) is 0 Å². The molecule has 0 fully saturated rings. The number of halogens is 4. The molecule has 0 aliphatic carbocycles. The van der Waals surface area contributed by atoms with Gasteiger partial charge in [-0.15, -0.1) is 11.3 Å². The molecule has 108 valence electrons. The highest BCUT2D eigenvalue weighted by Gasteiger charge is 2.36. The molecule has 0 unspecified atom stereocenters. The predicted molar refractivity (Wildman–Crippen MR) is 63.6 cm³/mol. The fourth-order valence-corrected chi connectivity index (χ4v) is 1.81. The van der Waals surface area contributed by atoms with Crippen molar-refractivity contribution in [3.05, 3.63) is 15.8 Å². The minimum absolute atomic E-state index is 0.350. The molecule has 0 bridgehead atoms. The van der Waals surface area contributed by atoms with Crippen LogP contribution in [0.4, 0.5) is 23.7 Å². The van der Waals surface area contributed by atoms with Gasteiger partial charge in [0.15, 0.2) is 0 Å². The molecule has 5 nitrogen and oxygen atoms in total. The second kappa shape index (κ2) is 7.19. The summed E-state index contributed by atoms with van der Waals surface area (Å²) < 4.78 is 40.3. The molecular formula is C9H9ClF3NO4S. The Morgan fingerprint density at radius 1 is 1.53 bits per heavy atom. The summed E-state index contributed by atoms with van der Waals surface area (Å²) in [6.07, 6.45) is -4.59. The molecule has 1 heterocycles. The number of carboxylic acid groups (broad SMARTS) is 1. The van der Waals surface area contributed by atoms with Crippen LogP contribution < -0.4 is 5.73 Å². The number of rotatable bonds is 2. The number of thiophene rings is 1. The van der Waals surface area contributed by atoms with Crippen molar-refractivity contribution in [2.24, 2.45) is 0 Å². The standard InChI is InChI=1S/C6H4F3NO2S.C3H5ClO2/c7-6(8,9)2-1-13-4(3(2)10)5(11)12;1-2-6-3(4)5/h1H,10H2,(H,11,12);2H2,1H3. The maximum atomic E-state index is 12.1. The molecule has 0 atom stereocenters. The Hall–Kier alpha value is -1.48. The van der Waals surface area contributed by atoms with E-state index in [0.29, 0.717) is 23.3 Å². The molecule has 0 saturated carbocycles. The van der Waals surface area contributed by atoms with Gasteiger partial charge < -0.3 is 15.6 Å². The first-order valence-electron chi connectivity index (χ1n) is 4.60. The van der Waals surface area contributed by atoms with Crippen molar-refractivity contribution in [1.29, 1.82) is 0 Å². The molecule has 19 heavy (non-hydrogen) atoms. The minimum atomic E-state index is -4.59. The largest absolute Gasteiger partial charge is 0.477 e. The molecule has 3 N–H and O–H groups in total. The Kier molecular flexibility index (Phi) is 6.63. The molecule has 1 aromatic heterocycles. The number of carbonyl (C=O) groups is 2. The number of nitrogen functional groups attached to an aromatic ring is 1. The third-order valence-electron chi connectivity index (χ3n) is 1.59. The van der Waals surface area contributed by atoms with Crippen molar-refractivity contribution in [2.45, 2.75) is 13.1 Å². The fraction of sp³-hybridized carbons (Fsp3) is 0.333. The van der Waals surface area contributed by atoms with Gasteiger partial charge in [-0.3, -0.25) is 0 Å². The first-order valence-corrected chi connectivity index (χ1v) is 5.86. The maximum absolute atomic E-state index is 12.1. The van der Waals surface area contributed by atoms with Gasteiger partial charge in [-0.05, 0) is 6.92 Å². The lowest BCUT2D eigenvalue weighted by Gasteiger charge is -2.04. The number of ether oxygens (including phenoxy) is 1. The maximum Gasteiger partial charge on any atom is 0.419 e. The highest BCUT2D eigenvalue weighted by molar-refractivity contribution is 7.12. The SMILES string of the molecule is CCOC(=O)Cl.Nc1c(C(F)(F)F)csc1C(=O)O. The molecule has 0 saturated heterocycles. The van der Waals surface area contributed by atoms with Crippen LogP contribution in [0, 0.1) is 0 Å². The lowest BCUT2D eigenvalue weighted by molar-refractivity contribution is -0.136. The van der Waals surface area contributed by atoms with Gasteiger partial charge in [-0.1, -0.05) is 0 Å². The second-order valence-electron chi connectivity index (χ2n) is 2.87. The lowest BCUT2D eigenvalue weighted by atomic mass is 10.2. The van der Waals surface area contributed by atoms with E-state index in [1.165, 1.54) is 0 Å². The van der Waals surface area contributed by atoms with Crippen LogP contribution in [-0.4, -0.2) is 23.1 Å². The molecule has 0 radical (unpaired) electrons. The van der Waals surface area contributed by atoms with Crippen LogP contribution in [0.5, 0.6) is 0 Å². The third-order valence-corrected chi connectivity index (χ3v) is 2.68. The van der Waals surface area contributed by atoms with E-state index in [2.05, 4.69) is 4.74 Å². The van der Waals surface area contributed by atoms with E-state index < -0.39 is 33.7 Å². The number of carboxylic acids is 1. The van der Waals surface area contributed by atoms with E-state index in [4.69, 9.17) is 22.4 Å². The molecule has 0 amide bonds. The van der Waals surface area contributed by atoms with Gasteiger partial charge >= 0.3 is 17.6 Å². The van der Waals surface area contributed by atoms with Gasteiger partial charge in [0.25, 0.3) is 0 Å². The summed E-state index contributed by atoms with van der Waals surface area (Å²) in [5.74, 6) is -1.45. The summed E-state index contributed by atoms with van der Waals surface area (Å²) in [7, 11) is 0. The number of alkyl halides is 3. The molecule has 1 rings (SSSR count). The zero-order valence-corrected chi connectivity index (χ0v) is 11.0. The smallest absolute Gasteiger partial charge is 0.419 e. The van der Waals surface area contributed by atoms with Gasteiger partial charge in [0, 0.05) is 17.0 Å². The summed E-state index contributed by atoms with van der Waals surface area (Å²) in [6, 6.07) is 0. The highest BCUT2D eigenvalue weighted by Crippen LogP contribution is 2.38. The van der Waals surface area contributed by atoms with Crippen LogP contribution in [-0.2, 0) is 10.9 Å². The average molecular weight is 320 g/mol. The number of carbonyl (C=O) groups excluding carboxylic acids is 1. The van der Waals surface area contributed by atoms with E-state index in [0.717, 1.165) is 0 Å². The molecule has 0 aromatic carbocycles. The Morgan fingerprint density at radius 3 is 2.21 bits per heavy atom. The zero-order chi connectivity index (χ0) is 15.2. The number of hydrogen-bond acceptors (Lipinski definition) is 5. The first kappa shape index (κ1) is 17.5. The summed E-state index contributed by atoms with van der Waals surface area (Å²) >= 11 is 5.18. The Balaban J connectivity index is 0.000000459. The Labute approximate surface area is 114 Å². The van der Waals surface area contributed by atoms with Crippen molar-refractivity contribution in [3.8, 4) is 0 Å². The average Bonchev–Trinajstić information content (AvgIpc) is 2.59. The number of anilines is 1. The first-order chi connectivity index (χ1) is 8.61. The van der Waals surface area contributed by atoms with Crippen molar-refractivity contribution in [1.82, 2.24) is 0 Å². The molecular weight excluding hydrogens is 311 g/mol. The lowest BCUT2D eigenvalue weighted by Crippen LogP contribution is -2.08. The highest BCUT2D eigenvalue weighted by atomic mass is 35.5. The van der Waals surface area contributed by atoms with Gasteiger partial charge in [0.2, 0.25) is 0 Å². The Bertz CT molecular complexity index is 461. The zero-order valence-electron chi connectivity index (χ0n) is 9.45.